The van der Waals surface area contributed by atoms with Gasteiger partial charge in [-0.1, -0.05) is 32.1 Å². The maximum absolute atomic E-state index is 6.79. The fourth-order valence-corrected chi connectivity index (χ4v) is 9.99. The van der Waals surface area contributed by atoms with E-state index >= 15 is 0 Å². The van der Waals surface area contributed by atoms with Gasteiger partial charge in [-0.2, -0.15) is 0 Å². The van der Waals surface area contributed by atoms with Gasteiger partial charge in [0.1, 0.15) is 63.2 Å². The minimum Gasteiger partial charge on any atom is -0.496 e. The molecule has 10 bridgehead atoms. The first kappa shape index (κ1) is 55.4. The smallest absolute Gasteiger partial charge is 0.172 e. The maximum Gasteiger partial charge on any atom is 0.172 e. The van der Waals surface area contributed by atoms with Crippen LogP contribution < -0.4 is 56.7 Å². The summed E-state index contributed by atoms with van der Waals surface area (Å²) in [4.78, 5) is 0. The Bertz CT molecular complexity index is 2870. The van der Waals surface area contributed by atoms with Gasteiger partial charge in [0.15, 0.2) is 18.9 Å². The van der Waals surface area contributed by atoms with Crippen molar-refractivity contribution in [2.75, 3.05) is 77.2 Å². The zero-order chi connectivity index (χ0) is 53.1. The van der Waals surface area contributed by atoms with Crippen molar-refractivity contribution in [1.82, 2.24) is 0 Å². The van der Waals surface area contributed by atoms with E-state index in [1.807, 2.05) is 54.6 Å². The van der Waals surface area contributed by atoms with Crippen LogP contribution in [0.5, 0.6) is 63.2 Å². The van der Waals surface area contributed by atoms with E-state index in [4.69, 9.17) is 58.5 Å². The van der Waals surface area contributed by atoms with Crippen molar-refractivity contribution >= 4 is 0 Å². The lowest BCUT2D eigenvalue weighted by Crippen LogP contribution is -2.33. The lowest BCUT2D eigenvalue weighted by molar-refractivity contribution is -0.697. The molecule has 5 aromatic carbocycles. The summed E-state index contributed by atoms with van der Waals surface area (Å²) in [5.41, 5.74) is 9.23. The van der Waals surface area contributed by atoms with Crippen molar-refractivity contribution in [1.29, 1.82) is 0 Å². The predicted molar refractivity (Wildman–Crippen MR) is 293 cm³/mol. The zero-order valence-electron chi connectivity index (χ0n) is 45.6. The summed E-state index contributed by atoms with van der Waals surface area (Å²) in [6, 6.07) is 24.6. The zero-order valence-corrected chi connectivity index (χ0v) is 45.6. The Labute approximate surface area is 445 Å². The van der Waals surface area contributed by atoms with E-state index in [1.54, 1.807) is 64.0 Å². The standard InChI is InChI=1S/C63H76NO11/c1-11-12-13-14-15-16-17-18-19-26-74-53-21-24-64(25-22-53)23-20-27-75-63-42-51-31-49-39-58(69-6)47(37-59(49)70-7)29-45-35-54(65-2)43(33-55(45)66-3)28-44-34-57(68-5)46(36-56(44)67-4)30-48-38-61(72-9)50(40-60(48)71-8)32-52(63)41-62(51)73-10/h1,21-22,24-25,33-42H,12-20,23,26-32H2,2-10H3/q+1. The minimum absolute atomic E-state index is 0.471. The van der Waals surface area contributed by atoms with Crippen LogP contribution in [0.25, 0.3) is 0 Å². The Hall–Kier alpha value is -7.39. The molecule has 0 spiro atoms. The molecule has 0 saturated heterocycles. The van der Waals surface area contributed by atoms with E-state index < -0.39 is 0 Å². The molecule has 16 rings (SSSR count). The van der Waals surface area contributed by atoms with E-state index in [2.05, 4.69) is 41.1 Å². The summed E-state index contributed by atoms with van der Waals surface area (Å²) >= 11 is 0. The lowest BCUT2D eigenvalue weighted by Gasteiger charge is -2.20. The number of terminal acetylenes is 1. The number of aryl methyl sites for hydroxylation is 1. The predicted octanol–water partition coefficient (Wildman–Crippen LogP) is 11.9. The molecule has 0 saturated carbocycles. The van der Waals surface area contributed by atoms with E-state index in [0.717, 1.165) is 106 Å². The number of rotatable bonds is 24. The van der Waals surface area contributed by atoms with Gasteiger partial charge in [0.25, 0.3) is 0 Å². The monoisotopic (exact) mass is 1020 g/mol. The average molecular weight is 1020 g/mol. The summed E-state index contributed by atoms with van der Waals surface area (Å²) in [7, 11) is 15.2. The molecule has 0 radical (unpaired) electrons. The van der Waals surface area contributed by atoms with Gasteiger partial charge in [-0.05, 0) is 73.5 Å². The Morgan fingerprint density at radius 1 is 0.347 bits per heavy atom. The third-order valence-electron chi connectivity index (χ3n) is 14.0. The number of pyridine rings is 1. The maximum atomic E-state index is 6.79. The van der Waals surface area contributed by atoms with Gasteiger partial charge < -0.3 is 52.1 Å². The molecule has 75 heavy (non-hydrogen) atoms. The largest absolute Gasteiger partial charge is 0.496 e. The molecule has 0 atom stereocenters. The summed E-state index contributed by atoms with van der Waals surface area (Å²) in [5, 5.41) is 0. The van der Waals surface area contributed by atoms with E-state index in [1.165, 1.54) is 32.1 Å². The fraction of sp³-hybridized carbons (Fsp3) is 0.413. The van der Waals surface area contributed by atoms with Crippen molar-refractivity contribution in [2.45, 2.75) is 96.4 Å². The Kier molecular flexibility index (Phi) is 20.5. The van der Waals surface area contributed by atoms with Crippen LogP contribution in [0.15, 0.2) is 85.2 Å². The van der Waals surface area contributed by atoms with Crippen molar-refractivity contribution < 1.29 is 56.7 Å². The lowest BCUT2D eigenvalue weighted by atomic mass is 9.94. The molecule has 12 heteroatoms. The van der Waals surface area contributed by atoms with Crippen LogP contribution in [0.2, 0.25) is 0 Å². The van der Waals surface area contributed by atoms with E-state index in [-0.39, 0.29) is 0 Å². The first-order valence-corrected chi connectivity index (χ1v) is 26.0. The van der Waals surface area contributed by atoms with Crippen molar-refractivity contribution in [3.63, 3.8) is 0 Å². The molecule has 10 aliphatic rings. The second-order valence-corrected chi connectivity index (χ2v) is 18.8. The third-order valence-corrected chi connectivity index (χ3v) is 14.0. The summed E-state index contributed by atoms with van der Waals surface area (Å²) in [6.07, 6.45) is 21.9. The number of hydrogen-bond acceptors (Lipinski definition) is 11. The normalized spacial score (nSPS) is 11.9. The Morgan fingerprint density at radius 2 is 0.613 bits per heavy atom. The van der Waals surface area contributed by atoms with Crippen LogP contribution in [0.1, 0.15) is 113 Å². The molecule has 398 valence electrons. The van der Waals surface area contributed by atoms with Gasteiger partial charge in [0, 0.05) is 113 Å². The highest BCUT2D eigenvalue weighted by molar-refractivity contribution is 5.59. The highest BCUT2D eigenvalue weighted by Crippen LogP contribution is 2.42. The summed E-state index contributed by atoms with van der Waals surface area (Å²) in [6.45, 7) is 1.95. The van der Waals surface area contributed by atoms with Gasteiger partial charge >= 0.3 is 0 Å². The molecule has 6 aromatic rings. The third kappa shape index (κ3) is 14.3. The van der Waals surface area contributed by atoms with Gasteiger partial charge in [0.05, 0.1) is 77.2 Å². The quantitative estimate of drug-likeness (QED) is 0.0328. The molecule has 0 aliphatic heterocycles. The first-order chi connectivity index (χ1) is 36.7. The van der Waals surface area contributed by atoms with Crippen LogP contribution in [0.3, 0.4) is 0 Å². The van der Waals surface area contributed by atoms with Crippen molar-refractivity contribution in [2.24, 2.45) is 0 Å². The van der Waals surface area contributed by atoms with E-state index in [9.17, 15) is 0 Å². The summed E-state index contributed by atoms with van der Waals surface area (Å²) < 4.78 is 70.0. The van der Waals surface area contributed by atoms with Gasteiger partial charge in [0.2, 0.25) is 0 Å². The highest BCUT2D eigenvalue weighted by atomic mass is 16.5. The molecule has 1 aromatic heterocycles. The molecular weight excluding hydrogens is 947 g/mol. The summed E-state index contributed by atoms with van der Waals surface area (Å²) in [5.74, 6) is 10.7. The number of ether oxygens (including phenoxy) is 11. The molecule has 10 aliphatic carbocycles. The van der Waals surface area contributed by atoms with Crippen LogP contribution in [-0.4, -0.2) is 77.2 Å². The minimum atomic E-state index is 0.471. The highest BCUT2D eigenvalue weighted by Gasteiger charge is 2.23. The van der Waals surface area contributed by atoms with Gasteiger partial charge in [-0.25, -0.2) is 4.57 Å². The second kappa shape index (κ2) is 27.8. The topological polar surface area (TPSA) is 105 Å². The number of unbranched alkanes of at least 4 members (excludes halogenated alkanes) is 7. The van der Waals surface area contributed by atoms with Crippen LogP contribution in [0.4, 0.5) is 0 Å². The fourth-order valence-electron chi connectivity index (χ4n) is 9.99. The van der Waals surface area contributed by atoms with Crippen molar-refractivity contribution in [3.05, 3.63) is 141 Å². The average Bonchev–Trinajstić information content (AvgIpc) is 3.43. The first-order valence-electron chi connectivity index (χ1n) is 26.0. The molecule has 1 heterocycles. The molecular formula is C63H76NO11+. The molecule has 0 unspecified atom stereocenters. The molecule has 12 nitrogen and oxygen atoms in total. The van der Waals surface area contributed by atoms with Gasteiger partial charge in [-0.15, -0.1) is 12.3 Å². The number of methoxy groups -OCH3 is 9. The number of benzene rings is 5. The number of aromatic nitrogens is 1. The van der Waals surface area contributed by atoms with Crippen LogP contribution in [0, 0.1) is 12.3 Å². The van der Waals surface area contributed by atoms with Crippen LogP contribution in [-0.2, 0) is 38.6 Å². The van der Waals surface area contributed by atoms with Gasteiger partial charge in [-0.3, -0.25) is 0 Å². The Morgan fingerprint density at radius 3 is 0.920 bits per heavy atom. The second-order valence-electron chi connectivity index (χ2n) is 18.8. The van der Waals surface area contributed by atoms with Crippen molar-refractivity contribution in [3.8, 4) is 75.6 Å². The molecule has 0 fully saturated rings. The Balaban J connectivity index is 1.22. The molecule has 0 N–H and O–H groups in total. The van der Waals surface area contributed by atoms with E-state index in [0.29, 0.717) is 90.5 Å². The number of nitrogens with zero attached hydrogens (tertiary/aromatic N) is 1. The number of hydrogen-bond donors (Lipinski definition) is 0. The van der Waals surface area contributed by atoms with Crippen LogP contribution >= 0.6 is 0 Å². The SMILES string of the molecule is C#CCCCCCCCCCOc1cc[n+](CCCOc2cc3c(OC)cc2Cc2cc(OC)c(cc2OC)Cc2cc(OC)c(cc2OC)Cc2cc(OC)c(cc2OC)Cc2cc(OC)c(cc2OC)C3)cc1. The molecule has 0 amide bonds.